The predicted molar refractivity (Wildman–Crippen MR) is 30.8 cm³/mol. The molecular formula is C5H3O2S. The lowest BCUT2D eigenvalue weighted by atomic mass is 10.4. The molecule has 0 saturated carbocycles. The van der Waals surface area contributed by atoms with Gasteiger partial charge in [-0.2, -0.15) is 0 Å². The normalized spacial score (nSPS) is 9.00. The van der Waals surface area contributed by atoms with Crippen molar-refractivity contribution in [2.45, 2.75) is 0 Å². The Hall–Kier alpha value is -0.830. The zero-order chi connectivity index (χ0) is 5.98. The maximum atomic E-state index is 9.79. The van der Waals surface area contributed by atoms with Crippen molar-refractivity contribution in [3.8, 4) is 5.06 Å². The van der Waals surface area contributed by atoms with E-state index in [1.807, 2.05) is 0 Å². The Labute approximate surface area is 50.4 Å². The highest BCUT2D eigenvalue weighted by Crippen LogP contribution is 2.18. The molecule has 0 spiro atoms. The molecule has 1 aromatic rings. The molecule has 0 amide bonds. The topological polar surface area (TPSA) is 37.3 Å². The maximum absolute atomic E-state index is 9.79. The van der Waals surface area contributed by atoms with Gasteiger partial charge in [-0.3, -0.25) is 4.79 Å². The lowest BCUT2D eigenvalue weighted by Crippen LogP contribution is -1.66. The van der Waals surface area contributed by atoms with Crippen LogP contribution in [0.25, 0.3) is 0 Å². The standard InChI is InChI=1S/C5H3O2S/c6-2-4-1-5(7)8-3-4/h1,3,7H. The van der Waals surface area contributed by atoms with Crippen LogP contribution in [-0.4, -0.2) is 11.4 Å². The molecule has 0 aliphatic rings. The van der Waals surface area contributed by atoms with E-state index in [1.165, 1.54) is 6.07 Å². The highest BCUT2D eigenvalue weighted by molar-refractivity contribution is 7.12. The third-order valence-electron chi connectivity index (χ3n) is 0.703. The number of hydrogen-bond acceptors (Lipinski definition) is 3. The molecule has 0 bridgehead atoms. The first-order valence-corrected chi connectivity index (χ1v) is 2.86. The van der Waals surface area contributed by atoms with Gasteiger partial charge in [0.15, 0.2) is 5.06 Å². The fraction of sp³-hybridized carbons (Fsp3) is 0. The largest absolute Gasteiger partial charge is 0.499 e. The monoisotopic (exact) mass is 127 g/mol. The Morgan fingerprint density at radius 2 is 2.50 bits per heavy atom. The van der Waals surface area contributed by atoms with Gasteiger partial charge in [-0.15, -0.1) is 11.3 Å². The van der Waals surface area contributed by atoms with Gasteiger partial charge in [0.05, 0.1) is 0 Å². The molecule has 0 aliphatic carbocycles. The molecule has 3 heteroatoms. The van der Waals surface area contributed by atoms with E-state index in [2.05, 4.69) is 0 Å². The zero-order valence-corrected chi connectivity index (χ0v) is 4.73. The number of rotatable bonds is 1. The number of hydrogen-bond donors (Lipinski definition) is 1. The summed E-state index contributed by atoms with van der Waals surface area (Å²) in [5.74, 6) is 0. The van der Waals surface area contributed by atoms with Gasteiger partial charge >= 0.3 is 0 Å². The van der Waals surface area contributed by atoms with Crippen LogP contribution in [0.5, 0.6) is 5.06 Å². The fourth-order valence-electron chi connectivity index (χ4n) is 0.378. The van der Waals surface area contributed by atoms with Gasteiger partial charge in [0, 0.05) is 17.0 Å². The van der Waals surface area contributed by atoms with Crippen LogP contribution in [0.2, 0.25) is 0 Å². The summed E-state index contributed by atoms with van der Waals surface area (Å²) in [6.45, 7) is 0. The average Bonchev–Trinajstić information content (AvgIpc) is 2.14. The van der Waals surface area contributed by atoms with Crippen LogP contribution in [0.4, 0.5) is 0 Å². The second kappa shape index (κ2) is 1.96. The van der Waals surface area contributed by atoms with Gasteiger partial charge in [0.2, 0.25) is 6.29 Å². The smallest absolute Gasteiger partial charge is 0.234 e. The number of carbonyl (C=O) groups excluding carboxylic acids is 1. The lowest BCUT2D eigenvalue weighted by molar-refractivity contribution is 0.490. The molecule has 1 aromatic heterocycles. The van der Waals surface area contributed by atoms with E-state index in [9.17, 15) is 4.79 Å². The van der Waals surface area contributed by atoms with E-state index >= 15 is 0 Å². The summed E-state index contributed by atoms with van der Waals surface area (Å²) in [6, 6.07) is 1.37. The SMILES string of the molecule is O=[C]c1csc(O)c1. The summed E-state index contributed by atoms with van der Waals surface area (Å²) < 4.78 is 0. The third kappa shape index (κ3) is 0.869. The minimum absolute atomic E-state index is 0.156. The van der Waals surface area contributed by atoms with Crippen molar-refractivity contribution < 1.29 is 9.90 Å². The van der Waals surface area contributed by atoms with E-state index in [0.717, 1.165) is 11.3 Å². The van der Waals surface area contributed by atoms with E-state index in [4.69, 9.17) is 5.11 Å². The molecule has 1 radical (unpaired) electrons. The lowest BCUT2D eigenvalue weighted by Gasteiger charge is -1.70. The molecule has 41 valence electrons. The van der Waals surface area contributed by atoms with Crippen LogP contribution in [0.15, 0.2) is 11.4 Å². The molecule has 2 nitrogen and oxygen atoms in total. The van der Waals surface area contributed by atoms with Crippen LogP contribution >= 0.6 is 11.3 Å². The summed E-state index contributed by atoms with van der Waals surface area (Å²) in [5, 5.41) is 10.3. The van der Waals surface area contributed by atoms with Crippen LogP contribution in [0, 0.1) is 0 Å². The molecule has 0 fully saturated rings. The highest BCUT2D eigenvalue weighted by atomic mass is 32.1. The van der Waals surface area contributed by atoms with Crippen LogP contribution in [0.3, 0.4) is 0 Å². The first-order valence-electron chi connectivity index (χ1n) is 1.98. The van der Waals surface area contributed by atoms with E-state index in [0.29, 0.717) is 5.56 Å². The Bertz CT molecular complexity index is 192. The Balaban J connectivity index is 3.00. The molecule has 0 saturated heterocycles. The van der Waals surface area contributed by atoms with Crippen molar-refractivity contribution >= 4 is 17.6 Å². The first-order chi connectivity index (χ1) is 3.83. The van der Waals surface area contributed by atoms with Gasteiger partial charge in [0.1, 0.15) is 0 Å². The van der Waals surface area contributed by atoms with Gasteiger partial charge in [-0.25, -0.2) is 0 Å². The molecule has 0 unspecified atom stereocenters. The Kier molecular flexibility index (Phi) is 1.30. The summed E-state index contributed by atoms with van der Waals surface area (Å²) in [6.07, 6.45) is 1.65. The molecule has 0 aromatic carbocycles. The maximum Gasteiger partial charge on any atom is 0.234 e. The summed E-state index contributed by atoms with van der Waals surface area (Å²) in [5.41, 5.74) is 0.410. The van der Waals surface area contributed by atoms with Crippen molar-refractivity contribution in [3.05, 3.63) is 17.0 Å². The third-order valence-corrected chi connectivity index (χ3v) is 1.43. The van der Waals surface area contributed by atoms with Gasteiger partial charge in [-0.1, -0.05) is 0 Å². The quantitative estimate of drug-likeness (QED) is 0.608. The van der Waals surface area contributed by atoms with Crippen LogP contribution in [0.1, 0.15) is 5.56 Å². The molecule has 0 aliphatic heterocycles. The van der Waals surface area contributed by atoms with Crippen molar-refractivity contribution in [3.63, 3.8) is 0 Å². The first kappa shape index (κ1) is 5.31. The summed E-state index contributed by atoms with van der Waals surface area (Å²) in [7, 11) is 0. The van der Waals surface area contributed by atoms with Crippen molar-refractivity contribution in [1.82, 2.24) is 0 Å². The van der Waals surface area contributed by atoms with E-state index in [1.54, 1.807) is 11.7 Å². The average molecular weight is 127 g/mol. The number of aromatic hydroxyl groups is 1. The molecule has 1 heterocycles. The summed E-state index contributed by atoms with van der Waals surface area (Å²) >= 11 is 1.12. The van der Waals surface area contributed by atoms with Crippen molar-refractivity contribution in [2.75, 3.05) is 0 Å². The minimum atomic E-state index is 0.156. The van der Waals surface area contributed by atoms with Crippen LogP contribution < -0.4 is 0 Å². The van der Waals surface area contributed by atoms with Crippen molar-refractivity contribution in [1.29, 1.82) is 0 Å². The summed E-state index contributed by atoms with van der Waals surface area (Å²) in [4.78, 5) is 9.79. The second-order valence-electron chi connectivity index (χ2n) is 1.28. The molecule has 8 heavy (non-hydrogen) atoms. The van der Waals surface area contributed by atoms with E-state index in [-0.39, 0.29) is 5.06 Å². The van der Waals surface area contributed by atoms with Crippen molar-refractivity contribution in [2.24, 2.45) is 0 Å². The Morgan fingerprint density at radius 1 is 1.75 bits per heavy atom. The van der Waals surface area contributed by atoms with Gasteiger partial charge in [-0.05, 0) is 0 Å². The highest BCUT2D eigenvalue weighted by Gasteiger charge is 1.93. The van der Waals surface area contributed by atoms with Crippen LogP contribution in [-0.2, 0) is 4.79 Å². The zero-order valence-electron chi connectivity index (χ0n) is 3.92. The van der Waals surface area contributed by atoms with Gasteiger partial charge in [0.25, 0.3) is 0 Å². The molecule has 1 rings (SSSR count). The molecule has 1 N–H and O–H groups in total. The van der Waals surface area contributed by atoms with E-state index < -0.39 is 0 Å². The van der Waals surface area contributed by atoms with Gasteiger partial charge < -0.3 is 5.11 Å². The molecule has 0 atom stereocenters. The Morgan fingerprint density at radius 3 is 2.75 bits per heavy atom. The fourth-order valence-corrected chi connectivity index (χ4v) is 0.937. The minimum Gasteiger partial charge on any atom is -0.499 e. The second-order valence-corrected chi connectivity index (χ2v) is 2.17. The molecular weight excluding hydrogens is 124 g/mol. The number of thiophene rings is 1. The predicted octanol–water partition coefficient (Wildman–Crippen LogP) is 0.911.